The van der Waals surface area contributed by atoms with E-state index in [0.29, 0.717) is 5.71 Å². The fourth-order valence-electron chi connectivity index (χ4n) is 3.28. The molecule has 2 aromatic carbocycles. The lowest BCUT2D eigenvalue weighted by Crippen LogP contribution is -1.88. The number of benzene rings is 2. The van der Waals surface area contributed by atoms with Gasteiger partial charge in [0.1, 0.15) is 11.9 Å². The summed E-state index contributed by atoms with van der Waals surface area (Å²) in [6.45, 7) is 1.95. The SMILES string of the molecule is Cc1cc(-c2cnc3oc4c(-c5ccccc5)cccc4c3c2)ncn1. The minimum absolute atomic E-state index is 0.637. The Balaban J connectivity index is 1.76. The number of nitrogens with zero attached hydrogens (tertiary/aromatic N) is 3. The Hall–Kier alpha value is -3.53. The van der Waals surface area contributed by atoms with E-state index < -0.39 is 0 Å². The number of aryl methyl sites for hydroxylation is 1. The van der Waals surface area contributed by atoms with Gasteiger partial charge in [-0.1, -0.05) is 48.5 Å². The van der Waals surface area contributed by atoms with Crippen molar-refractivity contribution in [2.24, 2.45) is 0 Å². The average molecular weight is 337 g/mol. The number of hydrogen-bond acceptors (Lipinski definition) is 4. The molecule has 0 saturated carbocycles. The van der Waals surface area contributed by atoms with Gasteiger partial charge in [0, 0.05) is 33.8 Å². The first-order valence-corrected chi connectivity index (χ1v) is 8.45. The summed E-state index contributed by atoms with van der Waals surface area (Å²) >= 11 is 0. The molecule has 0 spiro atoms. The molecule has 0 aliphatic carbocycles. The van der Waals surface area contributed by atoms with Crippen LogP contribution in [0.15, 0.2) is 77.6 Å². The summed E-state index contributed by atoms with van der Waals surface area (Å²) in [6, 6.07) is 20.5. The lowest BCUT2D eigenvalue weighted by molar-refractivity contribution is 0.655. The van der Waals surface area contributed by atoms with Crippen LogP contribution >= 0.6 is 0 Å². The molecule has 0 fully saturated rings. The molecule has 0 aliphatic heterocycles. The van der Waals surface area contributed by atoms with Gasteiger partial charge in [0.25, 0.3) is 0 Å². The van der Waals surface area contributed by atoms with E-state index in [2.05, 4.69) is 51.4 Å². The first-order valence-electron chi connectivity index (χ1n) is 8.45. The maximum Gasteiger partial charge on any atom is 0.227 e. The molecule has 0 N–H and O–H groups in total. The molecule has 3 aromatic heterocycles. The Morgan fingerprint density at radius 2 is 1.65 bits per heavy atom. The third kappa shape index (κ3) is 2.35. The van der Waals surface area contributed by atoms with Crippen LogP contribution in [-0.4, -0.2) is 15.0 Å². The largest absolute Gasteiger partial charge is 0.437 e. The topological polar surface area (TPSA) is 51.8 Å². The lowest BCUT2D eigenvalue weighted by atomic mass is 10.0. The van der Waals surface area contributed by atoms with E-state index in [9.17, 15) is 0 Å². The minimum atomic E-state index is 0.637. The highest BCUT2D eigenvalue weighted by Gasteiger charge is 2.14. The minimum Gasteiger partial charge on any atom is -0.437 e. The molecule has 0 saturated heterocycles. The Bertz CT molecular complexity index is 1240. The molecule has 0 atom stereocenters. The van der Waals surface area contributed by atoms with Crippen molar-refractivity contribution in [3.8, 4) is 22.4 Å². The third-order valence-electron chi connectivity index (χ3n) is 4.54. The van der Waals surface area contributed by atoms with Gasteiger partial charge < -0.3 is 4.42 Å². The Labute approximate surface area is 150 Å². The predicted molar refractivity (Wildman–Crippen MR) is 103 cm³/mol. The van der Waals surface area contributed by atoms with Crippen LogP contribution in [0.3, 0.4) is 0 Å². The van der Waals surface area contributed by atoms with Crippen molar-refractivity contribution in [1.82, 2.24) is 15.0 Å². The number of pyridine rings is 1. The summed E-state index contributed by atoms with van der Waals surface area (Å²) in [4.78, 5) is 13.1. The van der Waals surface area contributed by atoms with Crippen molar-refractivity contribution in [2.75, 3.05) is 0 Å². The molecule has 0 unspecified atom stereocenters. The number of hydrogen-bond donors (Lipinski definition) is 0. The van der Waals surface area contributed by atoms with Crippen LogP contribution < -0.4 is 0 Å². The molecule has 4 nitrogen and oxygen atoms in total. The van der Waals surface area contributed by atoms with E-state index in [1.807, 2.05) is 31.2 Å². The van der Waals surface area contributed by atoms with Gasteiger partial charge in [0.05, 0.1) is 5.69 Å². The number of aromatic nitrogens is 3. The van der Waals surface area contributed by atoms with Crippen molar-refractivity contribution in [1.29, 1.82) is 0 Å². The summed E-state index contributed by atoms with van der Waals surface area (Å²) < 4.78 is 6.11. The highest BCUT2D eigenvalue weighted by molar-refractivity contribution is 6.09. The van der Waals surface area contributed by atoms with Gasteiger partial charge in [0.2, 0.25) is 5.71 Å². The normalized spacial score (nSPS) is 11.3. The Morgan fingerprint density at radius 3 is 2.50 bits per heavy atom. The van der Waals surface area contributed by atoms with E-state index in [1.54, 1.807) is 12.5 Å². The molecule has 26 heavy (non-hydrogen) atoms. The van der Waals surface area contributed by atoms with Crippen LogP contribution in [0.4, 0.5) is 0 Å². The third-order valence-corrected chi connectivity index (χ3v) is 4.54. The summed E-state index contributed by atoms with van der Waals surface area (Å²) in [6.07, 6.45) is 3.38. The van der Waals surface area contributed by atoms with Gasteiger partial charge in [-0.25, -0.2) is 15.0 Å². The van der Waals surface area contributed by atoms with Crippen molar-refractivity contribution in [3.05, 3.63) is 78.9 Å². The number of para-hydroxylation sites is 1. The van der Waals surface area contributed by atoms with Gasteiger partial charge in [-0.2, -0.15) is 0 Å². The van der Waals surface area contributed by atoms with E-state index >= 15 is 0 Å². The number of furan rings is 1. The molecule has 3 heterocycles. The van der Waals surface area contributed by atoms with E-state index in [1.165, 1.54) is 0 Å². The molecule has 0 amide bonds. The summed E-state index contributed by atoms with van der Waals surface area (Å²) in [5, 5.41) is 2.05. The summed E-state index contributed by atoms with van der Waals surface area (Å²) in [5.41, 5.74) is 6.44. The first-order chi connectivity index (χ1) is 12.8. The van der Waals surface area contributed by atoms with E-state index in [0.717, 1.165) is 44.4 Å². The Morgan fingerprint density at radius 1 is 0.769 bits per heavy atom. The molecule has 0 aliphatic rings. The van der Waals surface area contributed by atoms with Gasteiger partial charge in [-0.3, -0.25) is 0 Å². The van der Waals surface area contributed by atoms with Crippen molar-refractivity contribution < 1.29 is 4.42 Å². The summed E-state index contributed by atoms with van der Waals surface area (Å²) in [5.74, 6) is 0. The molecule has 124 valence electrons. The van der Waals surface area contributed by atoms with Crippen LogP contribution in [0.25, 0.3) is 44.5 Å². The quantitative estimate of drug-likeness (QED) is 0.432. The first kappa shape index (κ1) is 14.8. The van der Waals surface area contributed by atoms with Crippen molar-refractivity contribution >= 4 is 22.1 Å². The van der Waals surface area contributed by atoms with Crippen molar-refractivity contribution in [2.45, 2.75) is 6.92 Å². The van der Waals surface area contributed by atoms with E-state index in [4.69, 9.17) is 4.42 Å². The molecule has 0 bridgehead atoms. The average Bonchev–Trinajstić information content (AvgIpc) is 3.06. The zero-order chi connectivity index (χ0) is 17.5. The predicted octanol–water partition coefficient (Wildman–Crippen LogP) is 5.41. The van der Waals surface area contributed by atoms with Gasteiger partial charge in [-0.05, 0) is 24.6 Å². The fraction of sp³-hybridized carbons (Fsp3) is 0.0455. The standard InChI is InChI=1S/C22H15N3O/c1-14-10-20(25-13-24-14)16-11-19-18-9-5-8-17(15-6-3-2-4-7-15)21(18)26-22(19)23-12-16/h2-13H,1H3. The number of rotatable bonds is 2. The maximum absolute atomic E-state index is 6.11. The van der Waals surface area contributed by atoms with Crippen LogP contribution in [0, 0.1) is 6.92 Å². The van der Waals surface area contributed by atoms with Gasteiger partial charge in [0.15, 0.2) is 0 Å². The van der Waals surface area contributed by atoms with E-state index in [-0.39, 0.29) is 0 Å². The summed E-state index contributed by atoms with van der Waals surface area (Å²) in [7, 11) is 0. The Kier molecular flexibility index (Phi) is 3.28. The molecule has 0 radical (unpaired) electrons. The van der Waals surface area contributed by atoms with Crippen LogP contribution in [0.5, 0.6) is 0 Å². The van der Waals surface area contributed by atoms with Gasteiger partial charge in [-0.15, -0.1) is 0 Å². The lowest BCUT2D eigenvalue weighted by Gasteiger charge is -2.02. The van der Waals surface area contributed by atoms with Gasteiger partial charge >= 0.3 is 0 Å². The fourth-order valence-corrected chi connectivity index (χ4v) is 3.28. The molecule has 5 aromatic rings. The highest BCUT2D eigenvalue weighted by Crippen LogP contribution is 2.36. The maximum atomic E-state index is 6.11. The molecular formula is C22H15N3O. The monoisotopic (exact) mass is 337 g/mol. The second-order valence-corrected chi connectivity index (χ2v) is 6.27. The highest BCUT2D eigenvalue weighted by atomic mass is 16.3. The zero-order valence-corrected chi connectivity index (χ0v) is 14.2. The smallest absolute Gasteiger partial charge is 0.227 e. The molecule has 4 heteroatoms. The molecular weight excluding hydrogens is 322 g/mol. The molecule has 5 rings (SSSR count). The van der Waals surface area contributed by atoms with Crippen LogP contribution in [-0.2, 0) is 0 Å². The van der Waals surface area contributed by atoms with Crippen LogP contribution in [0.2, 0.25) is 0 Å². The zero-order valence-electron chi connectivity index (χ0n) is 14.2. The van der Waals surface area contributed by atoms with Crippen molar-refractivity contribution in [3.63, 3.8) is 0 Å². The second-order valence-electron chi connectivity index (χ2n) is 6.27. The number of fused-ring (bicyclic) bond motifs is 3. The van der Waals surface area contributed by atoms with Crippen LogP contribution in [0.1, 0.15) is 5.69 Å². The second kappa shape index (κ2) is 5.77.